The summed E-state index contributed by atoms with van der Waals surface area (Å²) in [7, 11) is 1.89. The van der Waals surface area contributed by atoms with E-state index in [9.17, 15) is 4.79 Å². The molecule has 1 aromatic heterocycles. The van der Waals surface area contributed by atoms with Crippen LogP contribution >= 0.6 is 0 Å². The maximum Gasteiger partial charge on any atom is 0.340 e. The summed E-state index contributed by atoms with van der Waals surface area (Å²) in [5.41, 5.74) is 2.15. The number of hydrogen-bond donors (Lipinski definition) is 0. The van der Waals surface area contributed by atoms with E-state index in [1.165, 1.54) is 0 Å². The van der Waals surface area contributed by atoms with E-state index in [1.54, 1.807) is 19.3 Å². The molecule has 2 aromatic rings. The molecule has 0 fully saturated rings. The number of aryl methyl sites for hydroxylation is 1. The minimum absolute atomic E-state index is 0.318. The molecule has 0 N–H and O–H groups in total. The van der Waals surface area contributed by atoms with Crippen molar-refractivity contribution in [2.24, 2.45) is 7.05 Å². The minimum Gasteiger partial charge on any atom is -0.462 e. The molecule has 78 valence electrons. The highest BCUT2D eigenvalue weighted by Gasteiger charge is 2.12. The van der Waals surface area contributed by atoms with Gasteiger partial charge in [0.15, 0.2) is 0 Å². The molecule has 0 aliphatic rings. The highest BCUT2D eigenvalue weighted by atomic mass is 16.5. The molecule has 1 heterocycles. The lowest BCUT2D eigenvalue weighted by molar-refractivity contribution is 0.0528. The van der Waals surface area contributed by atoms with Crippen molar-refractivity contribution in [3.05, 3.63) is 30.1 Å². The lowest BCUT2D eigenvalue weighted by atomic mass is 10.2. The number of rotatable bonds is 2. The summed E-state index contributed by atoms with van der Waals surface area (Å²) in [6, 6.07) is 5.48. The number of imidazole rings is 1. The predicted octanol–water partition coefficient (Wildman–Crippen LogP) is 1.75. The highest BCUT2D eigenvalue weighted by Crippen LogP contribution is 2.17. The molecule has 2 rings (SSSR count). The molecule has 0 aliphatic heterocycles. The zero-order chi connectivity index (χ0) is 10.8. The molecule has 0 radical (unpaired) electrons. The van der Waals surface area contributed by atoms with Crippen LogP contribution in [0, 0.1) is 0 Å². The van der Waals surface area contributed by atoms with Crippen molar-refractivity contribution in [3.63, 3.8) is 0 Å². The Morgan fingerprint density at radius 1 is 1.53 bits per heavy atom. The zero-order valence-electron chi connectivity index (χ0n) is 8.73. The summed E-state index contributed by atoms with van der Waals surface area (Å²) < 4.78 is 6.83. The van der Waals surface area contributed by atoms with Crippen molar-refractivity contribution < 1.29 is 9.53 Å². The van der Waals surface area contributed by atoms with Gasteiger partial charge < -0.3 is 9.30 Å². The zero-order valence-corrected chi connectivity index (χ0v) is 8.73. The molecular formula is C11H12N2O2. The van der Waals surface area contributed by atoms with Crippen LogP contribution in [0.1, 0.15) is 17.3 Å². The van der Waals surface area contributed by atoms with E-state index in [0.29, 0.717) is 17.7 Å². The fourth-order valence-electron chi connectivity index (χ4n) is 1.53. The van der Waals surface area contributed by atoms with Gasteiger partial charge in [-0.1, -0.05) is 6.07 Å². The molecule has 0 saturated heterocycles. The van der Waals surface area contributed by atoms with Crippen molar-refractivity contribution in [1.29, 1.82) is 0 Å². The SMILES string of the molecule is CCOC(=O)c1cccc2c1ncn2C. The third kappa shape index (κ3) is 1.58. The standard InChI is InChI=1S/C11H12N2O2/c1-3-15-11(14)8-5-4-6-9-10(8)12-7-13(9)2/h4-7H,3H2,1-2H3. The van der Waals surface area contributed by atoms with Crippen LogP contribution in [0.4, 0.5) is 0 Å². The van der Waals surface area contributed by atoms with E-state index in [1.807, 2.05) is 23.7 Å². The molecule has 1 aromatic carbocycles. The molecule has 4 heteroatoms. The Labute approximate surface area is 87.5 Å². The highest BCUT2D eigenvalue weighted by molar-refractivity contribution is 6.01. The number of fused-ring (bicyclic) bond motifs is 1. The lowest BCUT2D eigenvalue weighted by Gasteiger charge is -2.02. The first-order valence-corrected chi connectivity index (χ1v) is 4.81. The smallest absolute Gasteiger partial charge is 0.340 e. The topological polar surface area (TPSA) is 44.1 Å². The van der Waals surface area contributed by atoms with Crippen molar-refractivity contribution in [3.8, 4) is 0 Å². The number of carbonyl (C=O) groups excluding carboxylic acids is 1. The van der Waals surface area contributed by atoms with Crippen molar-refractivity contribution >= 4 is 17.0 Å². The average molecular weight is 204 g/mol. The fourth-order valence-corrected chi connectivity index (χ4v) is 1.53. The number of nitrogens with zero attached hydrogens (tertiary/aromatic N) is 2. The molecule has 4 nitrogen and oxygen atoms in total. The van der Waals surface area contributed by atoms with Crippen molar-refractivity contribution in [1.82, 2.24) is 9.55 Å². The second-order valence-corrected chi connectivity index (χ2v) is 3.25. The van der Waals surface area contributed by atoms with Gasteiger partial charge in [-0.15, -0.1) is 0 Å². The molecule has 0 saturated carbocycles. The van der Waals surface area contributed by atoms with Crippen LogP contribution in [0.3, 0.4) is 0 Å². The normalized spacial score (nSPS) is 10.5. The van der Waals surface area contributed by atoms with E-state index < -0.39 is 0 Å². The summed E-state index contributed by atoms with van der Waals surface area (Å²) in [6.07, 6.45) is 1.69. The van der Waals surface area contributed by atoms with E-state index in [2.05, 4.69) is 4.98 Å². The van der Waals surface area contributed by atoms with Gasteiger partial charge in [0.1, 0.15) is 5.52 Å². The second kappa shape index (κ2) is 3.73. The molecule has 0 spiro atoms. The van der Waals surface area contributed by atoms with Gasteiger partial charge in [0, 0.05) is 7.05 Å². The van der Waals surface area contributed by atoms with Gasteiger partial charge in [0.05, 0.1) is 24.0 Å². The summed E-state index contributed by atoms with van der Waals surface area (Å²) in [5.74, 6) is -0.318. The number of esters is 1. The summed E-state index contributed by atoms with van der Waals surface area (Å²) in [4.78, 5) is 15.8. The fraction of sp³-hybridized carbons (Fsp3) is 0.273. The Balaban J connectivity index is 2.56. The van der Waals surface area contributed by atoms with Crippen LogP contribution in [-0.2, 0) is 11.8 Å². The van der Waals surface area contributed by atoms with Crippen molar-refractivity contribution in [2.45, 2.75) is 6.92 Å². The van der Waals surface area contributed by atoms with Crippen LogP contribution in [0.15, 0.2) is 24.5 Å². The number of aromatic nitrogens is 2. The summed E-state index contributed by atoms with van der Waals surface area (Å²) in [5, 5.41) is 0. The largest absolute Gasteiger partial charge is 0.462 e. The third-order valence-electron chi connectivity index (χ3n) is 2.25. The number of para-hydroxylation sites is 1. The molecule has 0 atom stereocenters. The minimum atomic E-state index is -0.318. The molecule has 15 heavy (non-hydrogen) atoms. The maximum atomic E-state index is 11.6. The van der Waals surface area contributed by atoms with Gasteiger partial charge in [0.25, 0.3) is 0 Å². The number of benzene rings is 1. The van der Waals surface area contributed by atoms with Crippen LogP contribution in [-0.4, -0.2) is 22.1 Å². The van der Waals surface area contributed by atoms with Crippen LogP contribution in [0.25, 0.3) is 11.0 Å². The van der Waals surface area contributed by atoms with Gasteiger partial charge in [-0.2, -0.15) is 0 Å². The number of carbonyl (C=O) groups is 1. The Morgan fingerprint density at radius 3 is 3.07 bits per heavy atom. The van der Waals surface area contributed by atoms with Gasteiger partial charge in [-0.25, -0.2) is 9.78 Å². The first-order valence-electron chi connectivity index (χ1n) is 4.81. The predicted molar refractivity (Wildman–Crippen MR) is 56.7 cm³/mol. The molecule has 0 amide bonds. The van der Waals surface area contributed by atoms with Gasteiger partial charge in [0.2, 0.25) is 0 Å². The number of hydrogen-bond acceptors (Lipinski definition) is 3. The average Bonchev–Trinajstić information content (AvgIpc) is 2.61. The third-order valence-corrected chi connectivity index (χ3v) is 2.25. The van der Waals surface area contributed by atoms with E-state index in [0.717, 1.165) is 5.52 Å². The molecule has 0 bridgehead atoms. The first kappa shape index (κ1) is 9.71. The Kier molecular flexibility index (Phi) is 2.41. The Morgan fingerprint density at radius 2 is 2.33 bits per heavy atom. The van der Waals surface area contributed by atoms with Crippen LogP contribution < -0.4 is 0 Å². The van der Waals surface area contributed by atoms with Crippen LogP contribution in [0.2, 0.25) is 0 Å². The summed E-state index contributed by atoms with van der Waals surface area (Å²) in [6.45, 7) is 2.17. The van der Waals surface area contributed by atoms with Gasteiger partial charge in [-0.3, -0.25) is 0 Å². The summed E-state index contributed by atoms with van der Waals surface area (Å²) >= 11 is 0. The van der Waals surface area contributed by atoms with Gasteiger partial charge >= 0.3 is 5.97 Å². The molecule has 0 unspecified atom stereocenters. The van der Waals surface area contributed by atoms with Crippen LogP contribution in [0.5, 0.6) is 0 Å². The molecular weight excluding hydrogens is 192 g/mol. The Bertz CT molecular complexity index is 502. The van der Waals surface area contributed by atoms with E-state index in [-0.39, 0.29) is 5.97 Å². The quantitative estimate of drug-likeness (QED) is 0.700. The second-order valence-electron chi connectivity index (χ2n) is 3.25. The van der Waals surface area contributed by atoms with Gasteiger partial charge in [-0.05, 0) is 19.1 Å². The Hall–Kier alpha value is -1.84. The number of ether oxygens (including phenoxy) is 1. The maximum absolute atomic E-state index is 11.6. The van der Waals surface area contributed by atoms with E-state index >= 15 is 0 Å². The van der Waals surface area contributed by atoms with E-state index in [4.69, 9.17) is 4.74 Å². The monoisotopic (exact) mass is 204 g/mol. The lowest BCUT2D eigenvalue weighted by Crippen LogP contribution is -2.05. The first-order chi connectivity index (χ1) is 7.24. The molecule has 0 aliphatic carbocycles. The van der Waals surface area contributed by atoms with Crippen molar-refractivity contribution in [2.75, 3.05) is 6.61 Å².